The summed E-state index contributed by atoms with van der Waals surface area (Å²) in [5.74, 6) is 0.472. The van der Waals surface area contributed by atoms with Crippen LogP contribution in [0.2, 0.25) is 0 Å². The second kappa shape index (κ2) is 5.16. The Morgan fingerprint density at radius 2 is 2.31 bits per heavy atom. The maximum Gasteiger partial charge on any atom is 0.331 e. The van der Waals surface area contributed by atoms with Crippen molar-refractivity contribution >= 4 is 5.97 Å². The number of furan rings is 1. The number of hydrogen-bond acceptors (Lipinski definition) is 4. The van der Waals surface area contributed by atoms with Crippen LogP contribution in [0.4, 0.5) is 0 Å². The number of hydrogen-bond donors (Lipinski definition) is 0. The van der Waals surface area contributed by atoms with E-state index in [9.17, 15) is 4.79 Å². The van der Waals surface area contributed by atoms with E-state index in [0.29, 0.717) is 12.4 Å². The van der Waals surface area contributed by atoms with Gasteiger partial charge >= 0.3 is 5.97 Å². The van der Waals surface area contributed by atoms with Crippen LogP contribution in [-0.2, 0) is 9.53 Å². The van der Waals surface area contributed by atoms with Gasteiger partial charge in [0.25, 0.3) is 0 Å². The molecule has 4 nitrogen and oxygen atoms in total. The molecule has 1 aliphatic heterocycles. The zero-order chi connectivity index (χ0) is 11.4. The van der Waals surface area contributed by atoms with E-state index < -0.39 is 0 Å². The third-order valence-electron chi connectivity index (χ3n) is 2.83. The molecule has 88 valence electrons. The summed E-state index contributed by atoms with van der Waals surface area (Å²) in [4.78, 5) is 14.0. The number of carbonyl (C=O) groups excluding carboxylic acids is 1. The number of nitrogens with zero attached hydrogens (tertiary/aromatic N) is 1. The van der Waals surface area contributed by atoms with E-state index in [4.69, 9.17) is 9.15 Å². The minimum absolute atomic E-state index is 0.209. The average Bonchev–Trinajstić information content (AvgIpc) is 2.91. The predicted octanol–water partition coefficient (Wildman–Crippen LogP) is 1.98. The average molecular weight is 223 g/mol. The first kappa shape index (κ1) is 11.2. The predicted molar refractivity (Wildman–Crippen MR) is 58.9 cm³/mol. The minimum atomic E-state index is -0.363. The van der Waals surface area contributed by atoms with Gasteiger partial charge in [0, 0.05) is 0 Å². The lowest BCUT2D eigenvalue weighted by Crippen LogP contribution is -2.32. The first-order valence-electron chi connectivity index (χ1n) is 5.77. The lowest BCUT2D eigenvalue weighted by Gasteiger charge is -2.23. The van der Waals surface area contributed by atoms with Crippen LogP contribution in [0.1, 0.15) is 31.6 Å². The normalized spacial score (nSPS) is 18.6. The molecule has 0 N–H and O–H groups in total. The summed E-state index contributed by atoms with van der Waals surface area (Å²) >= 11 is 0. The Labute approximate surface area is 95.2 Å². The highest BCUT2D eigenvalue weighted by atomic mass is 16.5. The van der Waals surface area contributed by atoms with Gasteiger partial charge in [-0.25, -0.2) is 4.79 Å². The van der Waals surface area contributed by atoms with Gasteiger partial charge in [0.05, 0.1) is 12.9 Å². The number of esters is 1. The van der Waals surface area contributed by atoms with Crippen LogP contribution in [-0.4, -0.2) is 30.6 Å². The zero-order valence-electron chi connectivity index (χ0n) is 9.52. The molecule has 1 saturated heterocycles. The molecule has 0 radical (unpaired) electrons. The first-order chi connectivity index (χ1) is 7.83. The number of ether oxygens (including phenoxy) is 1. The summed E-state index contributed by atoms with van der Waals surface area (Å²) in [7, 11) is 0. The molecule has 0 saturated carbocycles. The van der Waals surface area contributed by atoms with Crippen molar-refractivity contribution in [1.82, 2.24) is 4.90 Å². The van der Waals surface area contributed by atoms with Crippen molar-refractivity contribution in [3.8, 4) is 0 Å². The van der Waals surface area contributed by atoms with Crippen molar-refractivity contribution in [2.45, 2.75) is 25.8 Å². The Hall–Kier alpha value is -1.29. The fourth-order valence-electron chi connectivity index (χ4n) is 2.11. The fraction of sp³-hybridized carbons (Fsp3) is 0.583. The molecule has 0 aliphatic carbocycles. The molecule has 1 aliphatic rings. The summed E-state index contributed by atoms with van der Waals surface area (Å²) in [6.45, 7) is 4.10. The van der Waals surface area contributed by atoms with E-state index in [0.717, 1.165) is 25.9 Å². The largest absolute Gasteiger partial charge is 0.467 e. The molecular weight excluding hydrogens is 206 g/mol. The van der Waals surface area contributed by atoms with Gasteiger partial charge in [0.15, 0.2) is 6.04 Å². The zero-order valence-corrected chi connectivity index (χ0v) is 9.52. The van der Waals surface area contributed by atoms with Crippen molar-refractivity contribution in [3.05, 3.63) is 24.2 Å². The van der Waals surface area contributed by atoms with E-state index in [1.165, 1.54) is 0 Å². The summed E-state index contributed by atoms with van der Waals surface area (Å²) < 4.78 is 10.4. The molecule has 1 aromatic heterocycles. The van der Waals surface area contributed by atoms with Crippen molar-refractivity contribution in [3.63, 3.8) is 0 Å². The third-order valence-corrected chi connectivity index (χ3v) is 2.83. The minimum Gasteiger partial charge on any atom is -0.467 e. The van der Waals surface area contributed by atoms with Crippen molar-refractivity contribution in [1.29, 1.82) is 0 Å². The van der Waals surface area contributed by atoms with Crippen LogP contribution in [0.25, 0.3) is 0 Å². The van der Waals surface area contributed by atoms with Gasteiger partial charge in [-0.2, -0.15) is 0 Å². The number of rotatable bonds is 4. The van der Waals surface area contributed by atoms with E-state index in [1.807, 2.05) is 13.0 Å². The van der Waals surface area contributed by atoms with Crippen LogP contribution < -0.4 is 0 Å². The molecule has 1 aromatic rings. The SMILES string of the molecule is CCOC(=O)C(c1ccco1)N1CCCC1. The molecule has 0 bridgehead atoms. The van der Waals surface area contributed by atoms with Crippen LogP contribution in [0.5, 0.6) is 0 Å². The highest BCUT2D eigenvalue weighted by Crippen LogP contribution is 2.26. The van der Waals surface area contributed by atoms with E-state index in [2.05, 4.69) is 4.90 Å². The Kier molecular flexibility index (Phi) is 3.62. The lowest BCUT2D eigenvalue weighted by molar-refractivity contribution is -0.150. The molecule has 0 aromatic carbocycles. The number of likely N-dealkylation sites (tertiary alicyclic amines) is 1. The standard InChI is InChI=1S/C12H17NO3/c1-2-15-12(14)11(10-6-5-9-16-10)13-7-3-4-8-13/h5-6,9,11H,2-4,7-8H2,1H3. The van der Waals surface area contributed by atoms with Crippen LogP contribution in [0.3, 0.4) is 0 Å². The number of carbonyl (C=O) groups is 1. The first-order valence-corrected chi connectivity index (χ1v) is 5.77. The monoisotopic (exact) mass is 223 g/mol. The van der Waals surface area contributed by atoms with Crippen LogP contribution in [0, 0.1) is 0 Å². The molecule has 0 amide bonds. The van der Waals surface area contributed by atoms with Crippen LogP contribution >= 0.6 is 0 Å². The highest BCUT2D eigenvalue weighted by molar-refractivity contribution is 5.76. The molecule has 1 unspecified atom stereocenters. The Balaban J connectivity index is 2.15. The molecule has 2 heterocycles. The third kappa shape index (κ3) is 2.27. The molecule has 1 atom stereocenters. The molecule has 2 rings (SSSR count). The van der Waals surface area contributed by atoms with Gasteiger partial charge in [-0.3, -0.25) is 4.90 Å². The second-order valence-electron chi connectivity index (χ2n) is 3.91. The Morgan fingerprint density at radius 3 is 2.88 bits per heavy atom. The van der Waals surface area contributed by atoms with Gasteiger partial charge in [-0.05, 0) is 45.0 Å². The van der Waals surface area contributed by atoms with Crippen molar-refractivity contribution in [2.24, 2.45) is 0 Å². The van der Waals surface area contributed by atoms with Crippen molar-refractivity contribution < 1.29 is 13.9 Å². The second-order valence-corrected chi connectivity index (χ2v) is 3.91. The van der Waals surface area contributed by atoms with Gasteiger partial charge in [0.2, 0.25) is 0 Å². The van der Waals surface area contributed by atoms with Gasteiger partial charge in [-0.1, -0.05) is 0 Å². The fourth-order valence-corrected chi connectivity index (χ4v) is 2.11. The summed E-state index contributed by atoms with van der Waals surface area (Å²) in [6, 6.07) is 3.27. The Morgan fingerprint density at radius 1 is 1.56 bits per heavy atom. The van der Waals surface area contributed by atoms with Crippen LogP contribution in [0.15, 0.2) is 22.8 Å². The highest BCUT2D eigenvalue weighted by Gasteiger charge is 2.32. The summed E-state index contributed by atoms with van der Waals surface area (Å²) in [6.07, 6.45) is 3.87. The lowest BCUT2D eigenvalue weighted by atomic mass is 10.2. The molecule has 4 heteroatoms. The topological polar surface area (TPSA) is 42.7 Å². The van der Waals surface area contributed by atoms with Gasteiger partial charge in [0.1, 0.15) is 5.76 Å². The Bertz CT molecular complexity index is 328. The summed E-state index contributed by atoms with van der Waals surface area (Å²) in [5, 5.41) is 0. The molecule has 1 fully saturated rings. The van der Waals surface area contributed by atoms with Crippen molar-refractivity contribution in [2.75, 3.05) is 19.7 Å². The maximum atomic E-state index is 11.9. The quantitative estimate of drug-likeness (QED) is 0.732. The van der Waals surface area contributed by atoms with E-state index >= 15 is 0 Å². The molecule has 0 spiro atoms. The van der Waals surface area contributed by atoms with Gasteiger partial charge in [-0.15, -0.1) is 0 Å². The van der Waals surface area contributed by atoms with Gasteiger partial charge < -0.3 is 9.15 Å². The van der Waals surface area contributed by atoms with E-state index in [1.54, 1.807) is 12.3 Å². The molecular formula is C12H17NO3. The van der Waals surface area contributed by atoms with E-state index in [-0.39, 0.29) is 12.0 Å². The molecule has 16 heavy (non-hydrogen) atoms. The summed E-state index contributed by atoms with van der Waals surface area (Å²) in [5.41, 5.74) is 0. The maximum absolute atomic E-state index is 11.9. The smallest absolute Gasteiger partial charge is 0.331 e.